The lowest BCUT2D eigenvalue weighted by atomic mass is 10.0. The van der Waals surface area contributed by atoms with E-state index in [1.165, 1.54) is 17.2 Å². The Balaban J connectivity index is 2.21. The second-order valence-electron chi connectivity index (χ2n) is 5.13. The molecule has 0 aliphatic carbocycles. The molecule has 0 radical (unpaired) electrons. The molecule has 0 bridgehead atoms. The molecule has 2 nitrogen and oxygen atoms in total. The summed E-state index contributed by atoms with van der Waals surface area (Å²) >= 11 is 0. The first-order valence-corrected chi connectivity index (χ1v) is 8.22. The highest BCUT2D eigenvalue weighted by molar-refractivity contribution is 7.85. The molecule has 1 N–H and O–H groups in total. The maximum atomic E-state index is 13.7. The standard InChI is InChI=1S/C17H20FNOS/c1-12-8-9-14(10-13(12)2)16(19-3)11-21(20)17-7-5-4-6-15(17)18/h4-10,16,19H,11H2,1-3H3. The van der Waals surface area contributed by atoms with E-state index in [0.29, 0.717) is 5.75 Å². The smallest absolute Gasteiger partial charge is 0.139 e. The number of hydrogen-bond acceptors (Lipinski definition) is 2. The van der Waals surface area contributed by atoms with Crippen molar-refractivity contribution in [3.63, 3.8) is 0 Å². The number of rotatable bonds is 5. The summed E-state index contributed by atoms with van der Waals surface area (Å²) in [6, 6.07) is 12.4. The van der Waals surface area contributed by atoms with E-state index in [1.807, 2.05) is 13.1 Å². The monoisotopic (exact) mass is 305 g/mol. The number of benzene rings is 2. The van der Waals surface area contributed by atoms with Gasteiger partial charge in [0.1, 0.15) is 5.82 Å². The highest BCUT2D eigenvalue weighted by Gasteiger charge is 2.17. The maximum Gasteiger partial charge on any atom is 0.139 e. The van der Waals surface area contributed by atoms with Crippen LogP contribution in [0.1, 0.15) is 22.7 Å². The van der Waals surface area contributed by atoms with E-state index in [2.05, 4.69) is 31.3 Å². The Kier molecular flexibility index (Phi) is 5.26. The van der Waals surface area contributed by atoms with Crippen molar-refractivity contribution >= 4 is 10.8 Å². The molecule has 2 aromatic carbocycles. The minimum atomic E-state index is -1.37. The number of halogens is 1. The van der Waals surface area contributed by atoms with Gasteiger partial charge in [-0.1, -0.05) is 30.3 Å². The van der Waals surface area contributed by atoms with Crippen LogP contribution in [0.5, 0.6) is 0 Å². The summed E-state index contributed by atoms with van der Waals surface area (Å²) in [7, 11) is 0.457. The Labute approximate surface area is 127 Å². The summed E-state index contributed by atoms with van der Waals surface area (Å²) in [5, 5.41) is 3.17. The molecule has 21 heavy (non-hydrogen) atoms. The molecule has 0 saturated heterocycles. The van der Waals surface area contributed by atoms with Gasteiger partial charge in [0.2, 0.25) is 0 Å². The molecule has 0 spiro atoms. The third-order valence-corrected chi connectivity index (χ3v) is 5.14. The summed E-state index contributed by atoms with van der Waals surface area (Å²) in [4.78, 5) is 0.265. The lowest BCUT2D eigenvalue weighted by Crippen LogP contribution is -2.23. The topological polar surface area (TPSA) is 29.1 Å². The van der Waals surface area contributed by atoms with Crippen LogP contribution in [0.3, 0.4) is 0 Å². The van der Waals surface area contributed by atoms with Crippen molar-refractivity contribution in [2.75, 3.05) is 12.8 Å². The molecule has 2 aromatic rings. The van der Waals surface area contributed by atoms with E-state index >= 15 is 0 Å². The molecule has 0 aliphatic heterocycles. The van der Waals surface area contributed by atoms with Gasteiger partial charge in [-0.05, 0) is 49.7 Å². The van der Waals surface area contributed by atoms with Crippen LogP contribution in [0, 0.1) is 19.7 Å². The van der Waals surface area contributed by atoms with Gasteiger partial charge >= 0.3 is 0 Å². The van der Waals surface area contributed by atoms with Gasteiger partial charge in [-0.15, -0.1) is 0 Å². The average molecular weight is 305 g/mol. The zero-order chi connectivity index (χ0) is 15.4. The fraction of sp³-hybridized carbons (Fsp3) is 0.294. The van der Waals surface area contributed by atoms with Crippen molar-refractivity contribution < 1.29 is 8.60 Å². The molecule has 2 rings (SSSR count). The third kappa shape index (κ3) is 3.77. The molecule has 4 heteroatoms. The van der Waals surface area contributed by atoms with Gasteiger partial charge in [-0.25, -0.2) is 4.39 Å². The van der Waals surface area contributed by atoms with Crippen molar-refractivity contribution in [2.45, 2.75) is 24.8 Å². The van der Waals surface area contributed by atoms with Crippen LogP contribution in [0.25, 0.3) is 0 Å². The minimum Gasteiger partial charge on any atom is -0.312 e. The predicted molar refractivity (Wildman–Crippen MR) is 85.4 cm³/mol. The minimum absolute atomic E-state index is 0.0651. The zero-order valence-electron chi connectivity index (χ0n) is 12.5. The number of aryl methyl sites for hydroxylation is 2. The molecular formula is C17H20FNOS. The lowest BCUT2D eigenvalue weighted by molar-refractivity contribution is 0.590. The van der Waals surface area contributed by atoms with Crippen LogP contribution >= 0.6 is 0 Å². The highest BCUT2D eigenvalue weighted by Crippen LogP contribution is 2.21. The summed E-state index contributed by atoms with van der Waals surface area (Å²) in [5.74, 6) is -0.0642. The van der Waals surface area contributed by atoms with Crippen molar-refractivity contribution in [1.29, 1.82) is 0 Å². The van der Waals surface area contributed by atoms with Crippen LogP contribution < -0.4 is 5.32 Å². The fourth-order valence-electron chi connectivity index (χ4n) is 2.20. The third-order valence-electron chi connectivity index (χ3n) is 3.68. The second kappa shape index (κ2) is 6.96. The van der Waals surface area contributed by atoms with E-state index in [9.17, 15) is 8.60 Å². The first kappa shape index (κ1) is 15.9. The summed E-state index contributed by atoms with van der Waals surface area (Å²) in [6.45, 7) is 4.12. The van der Waals surface area contributed by atoms with Crippen LogP contribution in [0.4, 0.5) is 4.39 Å². The number of hydrogen-bond donors (Lipinski definition) is 1. The Morgan fingerprint density at radius 3 is 2.48 bits per heavy atom. The van der Waals surface area contributed by atoms with E-state index in [1.54, 1.807) is 18.2 Å². The Morgan fingerprint density at radius 2 is 1.86 bits per heavy atom. The first-order chi connectivity index (χ1) is 10.0. The Morgan fingerprint density at radius 1 is 1.14 bits per heavy atom. The van der Waals surface area contributed by atoms with Gasteiger partial charge in [0.05, 0.1) is 15.7 Å². The van der Waals surface area contributed by atoms with E-state index in [-0.39, 0.29) is 10.9 Å². The van der Waals surface area contributed by atoms with Gasteiger partial charge in [0, 0.05) is 11.8 Å². The van der Waals surface area contributed by atoms with Crippen molar-refractivity contribution in [1.82, 2.24) is 5.32 Å². The number of nitrogens with one attached hydrogen (secondary N) is 1. The molecule has 2 unspecified atom stereocenters. The van der Waals surface area contributed by atoms with Gasteiger partial charge in [-0.2, -0.15) is 0 Å². The highest BCUT2D eigenvalue weighted by atomic mass is 32.2. The summed E-state index contributed by atoms with van der Waals surface area (Å²) in [5.41, 5.74) is 3.50. The molecule has 112 valence electrons. The van der Waals surface area contributed by atoms with Crippen LogP contribution in [-0.2, 0) is 10.8 Å². The van der Waals surface area contributed by atoms with E-state index < -0.39 is 16.6 Å². The van der Waals surface area contributed by atoms with Gasteiger partial charge in [0.25, 0.3) is 0 Å². The van der Waals surface area contributed by atoms with Gasteiger partial charge in [0.15, 0.2) is 0 Å². The van der Waals surface area contributed by atoms with Crippen LogP contribution in [0.2, 0.25) is 0 Å². The van der Waals surface area contributed by atoms with Gasteiger partial charge < -0.3 is 5.32 Å². The van der Waals surface area contributed by atoms with Crippen molar-refractivity contribution in [3.8, 4) is 0 Å². The SMILES string of the molecule is CNC(CS(=O)c1ccccc1F)c1ccc(C)c(C)c1. The summed E-state index contributed by atoms with van der Waals surface area (Å²) in [6.07, 6.45) is 0. The van der Waals surface area contributed by atoms with Crippen LogP contribution in [-0.4, -0.2) is 17.0 Å². The van der Waals surface area contributed by atoms with Gasteiger partial charge in [-0.3, -0.25) is 4.21 Å². The van der Waals surface area contributed by atoms with Crippen LogP contribution in [0.15, 0.2) is 47.4 Å². The molecule has 2 atom stereocenters. The van der Waals surface area contributed by atoms with E-state index in [4.69, 9.17) is 0 Å². The normalized spacial score (nSPS) is 13.9. The molecule has 0 amide bonds. The molecule has 0 aromatic heterocycles. The lowest BCUT2D eigenvalue weighted by Gasteiger charge is -2.17. The summed E-state index contributed by atoms with van der Waals surface area (Å²) < 4.78 is 26.1. The quantitative estimate of drug-likeness (QED) is 0.916. The second-order valence-corrected chi connectivity index (χ2v) is 6.59. The fourth-order valence-corrected chi connectivity index (χ4v) is 3.56. The average Bonchev–Trinajstić information content (AvgIpc) is 2.48. The first-order valence-electron chi connectivity index (χ1n) is 6.90. The molecular weight excluding hydrogens is 285 g/mol. The maximum absolute atomic E-state index is 13.7. The van der Waals surface area contributed by atoms with E-state index in [0.717, 1.165) is 5.56 Å². The Bertz CT molecular complexity index is 657. The molecule has 0 heterocycles. The Hall–Kier alpha value is -1.52. The molecule has 0 aliphatic rings. The molecule has 0 fully saturated rings. The molecule has 0 saturated carbocycles. The van der Waals surface area contributed by atoms with Crippen molar-refractivity contribution in [2.24, 2.45) is 0 Å². The zero-order valence-corrected chi connectivity index (χ0v) is 13.3. The van der Waals surface area contributed by atoms with Crippen molar-refractivity contribution in [3.05, 3.63) is 65.0 Å². The predicted octanol–water partition coefficient (Wildman–Crippen LogP) is 3.51. The largest absolute Gasteiger partial charge is 0.312 e.